The highest BCUT2D eigenvalue weighted by atomic mass is 32.1. The van der Waals surface area contributed by atoms with Gasteiger partial charge in [-0.3, -0.25) is 0 Å². The summed E-state index contributed by atoms with van der Waals surface area (Å²) in [4.78, 5) is 5.99. The number of nitrogens with two attached hydrogens (primary N) is 1. The van der Waals surface area contributed by atoms with Crippen molar-refractivity contribution in [2.24, 2.45) is 5.73 Å². The molecule has 0 saturated heterocycles. The molecule has 90 valence electrons. The fourth-order valence-corrected chi connectivity index (χ4v) is 2.66. The molecule has 0 radical (unpaired) electrons. The van der Waals surface area contributed by atoms with E-state index < -0.39 is 0 Å². The Morgan fingerprint density at radius 1 is 1.50 bits per heavy atom. The highest BCUT2D eigenvalue weighted by Gasteiger charge is 2.24. The van der Waals surface area contributed by atoms with Crippen LogP contribution in [0.1, 0.15) is 36.3 Å². The van der Waals surface area contributed by atoms with E-state index in [1.54, 1.807) is 18.4 Å². The minimum atomic E-state index is -0.0272. The van der Waals surface area contributed by atoms with Crippen LogP contribution in [0, 0.1) is 0 Å². The molecule has 5 heteroatoms. The number of thiocarbonyl (C=S) groups is 1. The Kier molecular flexibility index (Phi) is 4.41. The first-order valence-electron chi connectivity index (χ1n) is 5.15. The fraction of sp³-hybridized carbons (Fsp3) is 0.636. The summed E-state index contributed by atoms with van der Waals surface area (Å²) in [5.74, 6) is 0. The maximum absolute atomic E-state index is 5.72. The summed E-state index contributed by atoms with van der Waals surface area (Å²) in [6.45, 7) is 7.02. The summed E-state index contributed by atoms with van der Waals surface area (Å²) >= 11 is 6.64. The Morgan fingerprint density at radius 3 is 2.50 bits per heavy atom. The molecule has 0 aliphatic rings. The van der Waals surface area contributed by atoms with Crippen molar-refractivity contribution in [2.45, 2.75) is 32.6 Å². The number of hydrogen-bond acceptors (Lipinski definition) is 4. The molecule has 1 heterocycles. The molecule has 1 aromatic heterocycles. The molecule has 2 N–H and O–H groups in total. The van der Waals surface area contributed by atoms with Crippen LogP contribution in [0.5, 0.6) is 0 Å². The van der Waals surface area contributed by atoms with Crippen LogP contribution in [-0.2, 0) is 16.6 Å². The first-order valence-corrected chi connectivity index (χ1v) is 6.37. The normalized spacial score (nSPS) is 11.8. The van der Waals surface area contributed by atoms with Gasteiger partial charge in [0.25, 0.3) is 0 Å². The van der Waals surface area contributed by atoms with E-state index in [0.29, 0.717) is 11.6 Å². The largest absolute Gasteiger partial charge is 0.389 e. The van der Waals surface area contributed by atoms with Gasteiger partial charge in [-0.25, -0.2) is 4.98 Å². The molecule has 0 aliphatic carbocycles. The second-order valence-corrected chi connectivity index (χ2v) is 6.17. The van der Waals surface area contributed by atoms with E-state index in [1.165, 1.54) is 0 Å². The molecular weight excluding hydrogens is 240 g/mol. The summed E-state index contributed by atoms with van der Waals surface area (Å²) < 4.78 is 5.04. The van der Waals surface area contributed by atoms with Gasteiger partial charge in [0, 0.05) is 18.9 Å². The summed E-state index contributed by atoms with van der Waals surface area (Å²) in [5.41, 5.74) is 6.69. The number of ether oxygens (including phenoxy) is 1. The highest BCUT2D eigenvalue weighted by Crippen LogP contribution is 2.29. The lowest BCUT2D eigenvalue weighted by Gasteiger charge is -2.16. The predicted molar refractivity (Wildman–Crippen MR) is 72.3 cm³/mol. The van der Waals surface area contributed by atoms with Gasteiger partial charge >= 0.3 is 0 Å². The van der Waals surface area contributed by atoms with E-state index in [4.69, 9.17) is 22.7 Å². The molecule has 0 fully saturated rings. The van der Waals surface area contributed by atoms with Gasteiger partial charge < -0.3 is 10.5 Å². The van der Waals surface area contributed by atoms with Crippen molar-refractivity contribution in [3.8, 4) is 0 Å². The lowest BCUT2D eigenvalue weighted by atomic mass is 9.91. The topological polar surface area (TPSA) is 48.1 Å². The molecule has 0 amide bonds. The van der Waals surface area contributed by atoms with Crippen molar-refractivity contribution >= 4 is 28.5 Å². The Balaban J connectivity index is 3.06. The molecule has 0 aliphatic heterocycles. The molecule has 1 aromatic rings. The van der Waals surface area contributed by atoms with Crippen LogP contribution in [0.15, 0.2) is 0 Å². The summed E-state index contributed by atoms with van der Waals surface area (Å²) in [7, 11) is 1.69. The number of aromatic nitrogens is 1. The molecule has 0 unspecified atom stereocenters. The van der Waals surface area contributed by atoms with Crippen LogP contribution in [-0.4, -0.2) is 23.7 Å². The molecular formula is C11H18N2OS2. The zero-order valence-electron chi connectivity index (χ0n) is 10.2. The molecule has 0 saturated carbocycles. The van der Waals surface area contributed by atoms with Gasteiger partial charge in [0.1, 0.15) is 4.99 Å². The van der Waals surface area contributed by atoms with E-state index in [9.17, 15) is 0 Å². The number of methoxy groups -OCH3 is 1. The molecule has 3 nitrogen and oxygen atoms in total. The third-order valence-corrected chi connectivity index (χ3v) is 3.61. The van der Waals surface area contributed by atoms with Gasteiger partial charge in [-0.1, -0.05) is 33.0 Å². The first-order chi connectivity index (χ1) is 7.36. The SMILES string of the molecule is COCCc1nc(C(C)(C)C)c(C(N)=S)s1. The fourth-order valence-electron chi connectivity index (χ4n) is 1.34. The second-order valence-electron chi connectivity index (χ2n) is 4.64. The maximum Gasteiger partial charge on any atom is 0.116 e. The average molecular weight is 258 g/mol. The Morgan fingerprint density at radius 2 is 2.12 bits per heavy atom. The average Bonchev–Trinajstić information content (AvgIpc) is 2.58. The first kappa shape index (κ1) is 13.5. The van der Waals surface area contributed by atoms with Gasteiger partial charge in [-0.2, -0.15) is 0 Å². The van der Waals surface area contributed by atoms with Crippen molar-refractivity contribution in [3.05, 3.63) is 15.6 Å². The minimum absolute atomic E-state index is 0.0272. The van der Waals surface area contributed by atoms with E-state index >= 15 is 0 Å². The van der Waals surface area contributed by atoms with E-state index in [-0.39, 0.29) is 5.41 Å². The zero-order valence-corrected chi connectivity index (χ0v) is 11.8. The highest BCUT2D eigenvalue weighted by molar-refractivity contribution is 7.81. The number of nitrogens with zero attached hydrogens (tertiary/aromatic N) is 1. The lowest BCUT2D eigenvalue weighted by molar-refractivity contribution is 0.202. The maximum atomic E-state index is 5.72. The Labute approximate surface area is 106 Å². The van der Waals surface area contributed by atoms with E-state index in [2.05, 4.69) is 25.8 Å². The monoisotopic (exact) mass is 258 g/mol. The van der Waals surface area contributed by atoms with Crippen LogP contribution in [0.3, 0.4) is 0 Å². The van der Waals surface area contributed by atoms with Crippen LogP contribution in [0.25, 0.3) is 0 Å². The molecule has 0 aromatic carbocycles. The molecule has 0 spiro atoms. The summed E-state index contributed by atoms with van der Waals surface area (Å²) in [5, 5.41) is 1.04. The van der Waals surface area contributed by atoms with Crippen molar-refractivity contribution in [2.75, 3.05) is 13.7 Å². The minimum Gasteiger partial charge on any atom is -0.389 e. The number of thiazole rings is 1. The second kappa shape index (κ2) is 5.21. The van der Waals surface area contributed by atoms with Gasteiger partial charge in [0.15, 0.2) is 0 Å². The van der Waals surface area contributed by atoms with Crippen molar-refractivity contribution in [3.63, 3.8) is 0 Å². The molecule has 0 atom stereocenters. The molecule has 16 heavy (non-hydrogen) atoms. The standard InChI is InChI=1S/C11H18N2OS2/c1-11(2,3)9-8(10(12)15)16-7(13-9)5-6-14-4/h5-6H2,1-4H3,(H2,12,15). The van der Waals surface area contributed by atoms with Gasteiger partial charge in [0.2, 0.25) is 0 Å². The summed E-state index contributed by atoms with van der Waals surface area (Å²) in [6, 6.07) is 0. The smallest absolute Gasteiger partial charge is 0.116 e. The van der Waals surface area contributed by atoms with Gasteiger partial charge in [-0.05, 0) is 0 Å². The zero-order chi connectivity index (χ0) is 12.3. The van der Waals surface area contributed by atoms with Crippen LogP contribution in [0.4, 0.5) is 0 Å². The third kappa shape index (κ3) is 3.23. The number of rotatable bonds is 4. The third-order valence-electron chi connectivity index (χ3n) is 2.13. The Hall–Kier alpha value is -0.520. The molecule has 0 bridgehead atoms. The van der Waals surface area contributed by atoms with Crippen molar-refractivity contribution in [1.82, 2.24) is 4.98 Å². The van der Waals surface area contributed by atoms with Crippen molar-refractivity contribution in [1.29, 1.82) is 0 Å². The predicted octanol–water partition coefficient (Wildman–Crippen LogP) is 2.26. The van der Waals surface area contributed by atoms with E-state index in [0.717, 1.165) is 22.0 Å². The van der Waals surface area contributed by atoms with Gasteiger partial charge in [0.05, 0.1) is 22.2 Å². The quantitative estimate of drug-likeness (QED) is 0.842. The Bertz CT molecular complexity index is 380. The van der Waals surface area contributed by atoms with Crippen molar-refractivity contribution < 1.29 is 4.74 Å². The number of hydrogen-bond donors (Lipinski definition) is 1. The summed E-state index contributed by atoms with van der Waals surface area (Å²) in [6.07, 6.45) is 0.812. The van der Waals surface area contributed by atoms with Gasteiger partial charge in [-0.15, -0.1) is 11.3 Å². The van der Waals surface area contributed by atoms with Crippen LogP contribution in [0.2, 0.25) is 0 Å². The van der Waals surface area contributed by atoms with Crippen LogP contribution >= 0.6 is 23.6 Å². The van der Waals surface area contributed by atoms with E-state index in [1.807, 2.05) is 0 Å². The lowest BCUT2D eigenvalue weighted by Crippen LogP contribution is -2.19. The van der Waals surface area contributed by atoms with Crippen LogP contribution < -0.4 is 5.73 Å². The molecule has 1 rings (SSSR count).